The fourth-order valence-electron chi connectivity index (χ4n) is 2.77. The van der Waals surface area contributed by atoms with Crippen LogP contribution >= 0.6 is 0 Å². The van der Waals surface area contributed by atoms with Crippen LogP contribution in [-0.2, 0) is 14.4 Å². The fraction of sp³-hybridized carbons (Fsp3) is 0.353. The number of unbranched alkanes of at least 4 members (excludes halogenated alkanes) is 2. The first kappa shape index (κ1) is 20.5. The van der Waals surface area contributed by atoms with Crippen LogP contribution < -0.4 is 0 Å². The zero-order valence-corrected chi connectivity index (χ0v) is 13.8. The molecular weight excluding hydrogens is 377 g/mol. The van der Waals surface area contributed by atoms with Gasteiger partial charge in [-0.3, -0.25) is 19.3 Å². The molecule has 1 aliphatic rings. The van der Waals surface area contributed by atoms with Crippen LogP contribution in [-0.4, -0.2) is 34.3 Å². The van der Waals surface area contributed by atoms with Crippen LogP contribution in [0.5, 0.6) is 0 Å². The van der Waals surface area contributed by atoms with Crippen LogP contribution in [0.15, 0.2) is 12.2 Å². The number of carboxylic acid groups (broad SMARTS) is 1. The Labute approximate surface area is 150 Å². The molecule has 1 aromatic carbocycles. The van der Waals surface area contributed by atoms with E-state index in [9.17, 15) is 36.3 Å². The maximum Gasteiger partial charge on any atom is 0.311 e. The predicted octanol–water partition coefficient (Wildman–Crippen LogP) is 3.04. The number of carbonyl (C=O) groups is 3. The molecule has 2 rings (SSSR count). The molecule has 1 unspecified atom stereocenters. The summed E-state index contributed by atoms with van der Waals surface area (Å²) in [6.07, 6.45) is 2.46. The first-order valence-electron chi connectivity index (χ1n) is 7.94. The molecule has 10 heteroatoms. The molecule has 5 nitrogen and oxygen atoms in total. The van der Waals surface area contributed by atoms with Crippen LogP contribution in [0, 0.1) is 29.1 Å². The molecule has 1 atom stereocenters. The summed E-state index contributed by atoms with van der Waals surface area (Å²) < 4.78 is 67.3. The third-order valence-corrected chi connectivity index (χ3v) is 4.17. The first-order chi connectivity index (χ1) is 12.7. The van der Waals surface area contributed by atoms with Crippen molar-refractivity contribution >= 4 is 17.8 Å². The average molecular weight is 391 g/mol. The predicted molar refractivity (Wildman–Crippen MR) is 80.9 cm³/mol. The van der Waals surface area contributed by atoms with Gasteiger partial charge >= 0.3 is 5.97 Å². The molecule has 2 amide bonds. The molecule has 0 aliphatic carbocycles. The van der Waals surface area contributed by atoms with E-state index in [4.69, 9.17) is 5.11 Å². The second-order valence-corrected chi connectivity index (χ2v) is 5.89. The molecular formula is C17H14F5NO4. The van der Waals surface area contributed by atoms with Crippen molar-refractivity contribution in [2.45, 2.75) is 31.6 Å². The van der Waals surface area contributed by atoms with E-state index < -0.39 is 58.4 Å². The maximum absolute atomic E-state index is 13.8. The second-order valence-electron chi connectivity index (χ2n) is 5.89. The third-order valence-electron chi connectivity index (χ3n) is 4.17. The van der Waals surface area contributed by atoms with Crippen molar-refractivity contribution in [1.82, 2.24) is 4.90 Å². The molecule has 146 valence electrons. The molecule has 0 aromatic heterocycles. The lowest BCUT2D eigenvalue weighted by Crippen LogP contribution is -2.30. The number of benzene rings is 1. The second kappa shape index (κ2) is 8.28. The maximum atomic E-state index is 13.8. The lowest BCUT2D eigenvalue weighted by Gasteiger charge is -2.16. The van der Waals surface area contributed by atoms with Crippen molar-refractivity contribution in [3.8, 4) is 0 Å². The van der Waals surface area contributed by atoms with Crippen molar-refractivity contribution in [2.24, 2.45) is 0 Å². The normalized spacial score (nSPS) is 14.9. The number of hydrogen-bond donors (Lipinski definition) is 1. The van der Waals surface area contributed by atoms with E-state index in [-0.39, 0.29) is 25.8 Å². The summed E-state index contributed by atoms with van der Waals surface area (Å²) in [7, 11) is 0. The Bertz CT molecular complexity index is 777. The molecule has 0 saturated carbocycles. The molecule has 1 heterocycles. The highest BCUT2D eigenvalue weighted by atomic mass is 19.2. The topological polar surface area (TPSA) is 74.7 Å². The van der Waals surface area contributed by atoms with E-state index in [1.54, 1.807) is 0 Å². The Balaban J connectivity index is 2.02. The largest absolute Gasteiger partial charge is 0.481 e. The van der Waals surface area contributed by atoms with Gasteiger partial charge in [0.15, 0.2) is 23.3 Å². The molecule has 0 spiro atoms. The van der Waals surface area contributed by atoms with Gasteiger partial charge in [-0.1, -0.05) is 12.8 Å². The molecule has 1 N–H and O–H groups in total. The lowest BCUT2D eigenvalue weighted by molar-refractivity contribution is -0.139. The summed E-state index contributed by atoms with van der Waals surface area (Å²) in [4.78, 5) is 35.0. The summed E-state index contributed by atoms with van der Waals surface area (Å²) in [6, 6.07) is 0. The zero-order chi connectivity index (χ0) is 20.3. The Morgan fingerprint density at radius 3 is 1.81 bits per heavy atom. The van der Waals surface area contributed by atoms with E-state index in [1.807, 2.05) is 0 Å². The van der Waals surface area contributed by atoms with Crippen LogP contribution in [0.2, 0.25) is 0 Å². The quantitative estimate of drug-likeness (QED) is 0.243. The van der Waals surface area contributed by atoms with Crippen LogP contribution in [0.1, 0.15) is 37.2 Å². The number of aliphatic carboxylic acids is 1. The minimum Gasteiger partial charge on any atom is -0.481 e. The van der Waals surface area contributed by atoms with E-state index >= 15 is 0 Å². The van der Waals surface area contributed by atoms with Gasteiger partial charge in [0.25, 0.3) is 11.8 Å². The van der Waals surface area contributed by atoms with E-state index in [1.165, 1.54) is 0 Å². The van der Waals surface area contributed by atoms with Gasteiger partial charge in [0.1, 0.15) is 0 Å². The lowest BCUT2D eigenvalue weighted by atomic mass is 9.91. The third kappa shape index (κ3) is 4.15. The van der Waals surface area contributed by atoms with Crippen molar-refractivity contribution in [3.05, 3.63) is 46.8 Å². The highest BCUT2D eigenvalue weighted by Gasteiger charge is 2.33. The fourth-order valence-corrected chi connectivity index (χ4v) is 2.77. The monoisotopic (exact) mass is 391 g/mol. The summed E-state index contributed by atoms with van der Waals surface area (Å²) >= 11 is 0. The van der Waals surface area contributed by atoms with Gasteiger partial charge in [0, 0.05) is 24.3 Å². The minimum atomic E-state index is -2.36. The van der Waals surface area contributed by atoms with Crippen molar-refractivity contribution < 1.29 is 41.4 Å². The van der Waals surface area contributed by atoms with Crippen molar-refractivity contribution in [2.75, 3.05) is 6.54 Å². The average Bonchev–Trinajstić information content (AvgIpc) is 2.94. The van der Waals surface area contributed by atoms with Gasteiger partial charge in [-0.2, -0.15) is 0 Å². The van der Waals surface area contributed by atoms with Gasteiger partial charge < -0.3 is 5.11 Å². The Hall–Kier alpha value is -2.78. The molecule has 1 aromatic rings. The Morgan fingerprint density at radius 1 is 0.852 bits per heavy atom. The summed E-state index contributed by atoms with van der Waals surface area (Å²) in [5.74, 6) is -15.7. The first-order valence-corrected chi connectivity index (χ1v) is 7.94. The molecule has 0 radical (unpaired) electrons. The van der Waals surface area contributed by atoms with Crippen LogP contribution in [0.4, 0.5) is 22.0 Å². The highest BCUT2D eigenvalue weighted by Crippen LogP contribution is 2.32. The number of carbonyl (C=O) groups excluding carboxylic acids is 2. The summed E-state index contributed by atoms with van der Waals surface area (Å²) in [5.41, 5.74) is -1.38. The summed E-state index contributed by atoms with van der Waals surface area (Å²) in [5, 5.41) is 9.15. The van der Waals surface area contributed by atoms with E-state index in [0.29, 0.717) is 6.42 Å². The van der Waals surface area contributed by atoms with Crippen molar-refractivity contribution in [1.29, 1.82) is 0 Å². The molecule has 27 heavy (non-hydrogen) atoms. The molecule has 1 aliphatic heterocycles. The highest BCUT2D eigenvalue weighted by molar-refractivity contribution is 6.12. The van der Waals surface area contributed by atoms with Gasteiger partial charge in [-0.15, -0.1) is 0 Å². The number of halogens is 5. The number of imide groups is 1. The van der Waals surface area contributed by atoms with E-state index in [2.05, 4.69) is 0 Å². The molecule has 0 bridgehead atoms. The minimum absolute atomic E-state index is 0.0696. The Kier molecular flexibility index (Phi) is 6.29. The van der Waals surface area contributed by atoms with Crippen molar-refractivity contribution in [3.63, 3.8) is 0 Å². The van der Waals surface area contributed by atoms with Crippen LogP contribution in [0.3, 0.4) is 0 Å². The van der Waals surface area contributed by atoms with Crippen LogP contribution in [0.25, 0.3) is 0 Å². The summed E-state index contributed by atoms with van der Waals surface area (Å²) in [6.45, 7) is 0.0743. The molecule has 0 saturated heterocycles. The van der Waals surface area contributed by atoms with Gasteiger partial charge in [0.05, 0.1) is 5.92 Å². The van der Waals surface area contributed by atoms with Gasteiger partial charge in [-0.05, 0) is 12.8 Å². The number of nitrogens with zero attached hydrogens (tertiary/aromatic N) is 1. The number of rotatable bonds is 8. The Morgan fingerprint density at radius 2 is 1.33 bits per heavy atom. The van der Waals surface area contributed by atoms with E-state index in [0.717, 1.165) is 17.1 Å². The molecule has 0 fully saturated rings. The smallest absolute Gasteiger partial charge is 0.311 e. The van der Waals surface area contributed by atoms with Gasteiger partial charge in [-0.25, -0.2) is 22.0 Å². The SMILES string of the molecule is O=C(O)C(CCCCCN1C(=O)C=CC1=O)c1c(F)c(F)c(F)c(F)c1F. The zero-order valence-electron chi connectivity index (χ0n) is 13.8. The number of hydrogen-bond acceptors (Lipinski definition) is 3. The number of carboxylic acids is 1. The standard InChI is InChI=1S/C17H14F5NO4/c18-12-11(13(19)15(21)16(22)14(12)20)8(17(26)27)4-2-1-3-7-23-9(24)5-6-10(23)25/h5-6,8H,1-4,7H2,(H,26,27). The number of amides is 2. The van der Waals surface area contributed by atoms with Gasteiger partial charge in [0.2, 0.25) is 5.82 Å².